The second-order valence-corrected chi connectivity index (χ2v) is 7.30. The molecule has 2 heteroatoms. The number of hydrogen-bond acceptors (Lipinski definition) is 2. The van der Waals surface area contributed by atoms with Gasteiger partial charge in [0.2, 0.25) is 0 Å². The molecule has 0 aromatic heterocycles. The Hall–Kier alpha value is -0.0800. The minimum atomic E-state index is 0.254. The van der Waals surface area contributed by atoms with Gasteiger partial charge in [0.15, 0.2) is 0 Å². The second kappa shape index (κ2) is 6.91. The van der Waals surface area contributed by atoms with Gasteiger partial charge in [-0.2, -0.15) is 0 Å². The van der Waals surface area contributed by atoms with E-state index < -0.39 is 0 Å². The van der Waals surface area contributed by atoms with Gasteiger partial charge in [-0.1, -0.05) is 26.7 Å². The molecule has 0 spiro atoms. The summed E-state index contributed by atoms with van der Waals surface area (Å²) in [5.74, 6) is 1.82. The second-order valence-electron chi connectivity index (χ2n) is 7.30. The van der Waals surface area contributed by atoms with Crippen LogP contribution in [0.15, 0.2) is 0 Å². The van der Waals surface area contributed by atoms with Gasteiger partial charge >= 0.3 is 0 Å². The Kier molecular flexibility index (Phi) is 6.13. The molecule has 0 heterocycles. The molecule has 1 fully saturated rings. The van der Waals surface area contributed by atoms with Crippen LogP contribution in [-0.4, -0.2) is 37.1 Å². The van der Waals surface area contributed by atoms with Crippen molar-refractivity contribution in [3.05, 3.63) is 0 Å². The first-order chi connectivity index (χ1) is 8.33. The SMILES string of the molecule is CC(C)C1CCCC(NCC(C)(C)N(C)C)CC1. The lowest BCUT2D eigenvalue weighted by Crippen LogP contribution is -2.49. The summed E-state index contributed by atoms with van der Waals surface area (Å²) in [5.41, 5.74) is 0.254. The summed E-state index contributed by atoms with van der Waals surface area (Å²) in [6.07, 6.45) is 6.99. The first kappa shape index (κ1) is 16.0. The monoisotopic (exact) mass is 254 g/mol. The van der Waals surface area contributed by atoms with Crippen molar-refractivity contribution >= 4 is 0 Å². The maximum atomic E-state index is 3.80. The third kappa shape index (κ3) is 4.89. The van der Waals surface area contributed by atoms with Crippen molar-refractivity contribution in [1.29, 1.82) is 0 Å². The van der Waals surface area contributed by atoms with Gasteiger partial charge in [0.25, 0.3) is 0 Å². The van der Waals surface area contributed by atoms with Crippen LogP contribution in [0.4, 0.5) is 0 Å². The van der Waals surface area contributed by atoms with E-state index in [9.17, 15) is 0 Å². The fourth-order valence-electron chi connectivity index (χ4n) is 2.75. The van der Waals surface area contributed by atoms with Crippen LogP contribution < -0.4 is 5.32 Å². The summed E-state index contributed by atoms with van der Waals surface area (Å²) in [4.78, 5) is 2.31. The molecule has 0 saturated heterocycles. The Morgan fingerprint density at radius 1 is 1.11 bits per heavy atom. The van der Waals surface area contributed by atoms with Gasteiger partial charge in [0.05, 0.1) is 0 Å². The lowest BCUT2D eigenvalue weighted by atomic mass is 9.89. The highest BCUT2D eigenvalue weighted by Crippen LogP contribution is 2.28. The molecule has 0 bridgehead atoms. The summed E-state index contributed by atoms with van der Waals surface area (Å²) in [7, 11) is 4.34. The third-order valence-corrected chi connectivity index (χ3v) is 4.99. The molecule has 0 aromatic rings. The van der Waals surface area contributed by atoms with Crippen molar-refractivity contribution in [2.24, 2.45) is 11.8 Å². The zero-order valence-electron chi connectivity index (χ0n) is 13.4. The topological polar surface area (TPSA) is 15.3 Å². The summed E-state index contributed by atoms with van der Waals surface area (Å²) in [6, 6.07) is 0.743. The largest absolute Gasteiger partial charge is 0.312 e. The summed E-state index contributed by atoms with van der Waals surface area (Å²) in [6.45, 7) is 10.5. The van der Waals surface area contributed by atoms with Gasteiger partial charge in [0.1, 0.15) is 0 Å². The quantitative estimate of drug-likeness (QED) is 0.755. The zero-order valence-corrected chi connectivity index (χ0v) is 13.4. The van der Waals surface area contributed by atoms with Gasteiger partial charge in [-0.05, 0) is 59.0 Å². The molecule has 1 N–H and O–H groups in total. The van der Waals surface area contributed by atoms with Crippen molar-refractivity contribution in [2.45, 2.75) is 71.4 Å². The van der Waals surface area contributed by atoms with E-state index in [1.807, 2.05) is 0 Å². The molecule has 0 aliphatic heterocycles. The first-order valence-corrected chi connectivity index (χ1v) is 7.73. The van der Waals surface area contributed by atoms with Crippen molar-refractivity contribution in [3.63, 3.8) is 0 Å². The standard InChI is InChI=1S/C16H34N2/c1-13(2)14-8-7-9-15(11-10-14)17-12-16(3,4)18(5)6/h13-15,17H,7-12H2,1-6H3. The van der Waals surface area contributed by atoms with Gasteiger partial charge in [-0.3, -0.25) is 0 Å². The number of nitrogens with zero attached hydrogens (tertiary/aromatic N) is 1. The molecule has 1 aliphatic rings. The molecule has 108 valence electrons. The van der Waals surface area contributed by atoms with Gasteiger partial charge in [-0.15, -0.1) is 0 Å². The average Bonchev–Trinajstić information content (AvgIpc) is 2.51. The van der Waals surface area contributed by atoms with E-state index >= 15 is 0 Å². The molecule has 0 radical (unpaired) electrons. The molecule has 1 saturated carbocycles. The molecule has 1 rings (SSSR count). The van der Waals surface area contributed by atoms with Crippen molar-refractivity contribution < 1.29 is 0 Å². The minimum Gasteiger partial charge on any atom is -0.312 e. The minimum absolute atomic E-state index is 0.254. The molecular formula is C16H34N2. The normalized spacial score (nSPS) is 26.7. The van der Waals surface area contributed by atoms with Crippen LogP contribution in [0.3, 0.4) is 0 Å². The van der Waals surface area contributed by atoms with Crippen LogP contribution in [0, 0.1) is 11.8 Å². The highest BCUT2D eigenvalue weighted by Gasteiger charge is 2.24. The highest BCUT2D eigenvalue weighted by molar-refractivity contribution is 4.83. The predicted molar refractivity (Wildman–Crippen MR) is 81.0 cm³/mol. The Morgan fingerprint density at radius 2 is 1.78 bits per heavy atom. The van der Waals surface area contributed by atoms with Crippen LogP contribution in [0.1, 0.15) is 59.8 Å². The zero-order chi connectivity index (χ0) is 13.8. The van der Waals surface area contributed by atoms with Crippen molar-refractivity contribution in [1.82, 2.24) is 10.2 Å². The van der Waals surface area contributed by atoms with E-state index in [0.717, 1.165) is 24.4 Å². The molecule has 2 atom stereocenters. The molecule has 2 unspecified atom stereocenters. The van der Waals surface area contributed by atoms with Crippen LogP contribution in [0.5, 0.6) is 0 Å². The number of nitrogens with one attached hydrogen (secondary N) is 1. The fraction of sp³-hybridized carbons (Fsp3) is 1.00. The van der Waals surface area contributed by atoms with Gasteiger partial charge in [0, 0.05) is 18.1 Å². The smallest absolute Gasteiger partial charge is 0.0271 e. The van der Waals surface area contributed by atoms with Gasteiger partial charge in [-0.25, -0.2) is 0 Å². The van der Waals surface area contributed by atoms with Crippen LogP contribution in [0.25, 0.3) is 0 Å². The lowest BCUT2D eigenvalue weighted by Gasteiger charge is -2.34. The first-order valence-electron chi connectivity index (χ1n) is 7.73. The Bertz CT molecular complexity index is 233. The van der Waals surface area contributed by atoms with Gasteiger partial charge < -0.3 is 10.2 Å². The fourth-order valence-corrected chi connectivity index (χ4v) is 2.75. The highest BCUT2D eigenvalue weighted by atomic mass is 15.2. The van der Waals surface area contributed by atoms with E-state index in [1.54, 1.807) is 0 Å². The number of hydrogen-bond donors (Lipinski definition) is 1. The van der Waals surface area contributed by atoms with E-state index in [-0.39, 0.29) is 5.54 Å². The molecular weight excluding hydrogens is 220 g/mol. The van der Waals surface area contributed by atoms with Crippen molar-refractivity contribution in [3.8, 4) is 0 Å². The number of likely N-dealkylation sites (N-methyl/N-ethyl adjacent to an activating group) is 1. The Morgan fingerprint density at radius 3 is 2.33 bits per heavy atom. The summed E-state index contributed by atoms with van der Waals surface area (Å²) >= 11 is 0. The molecule has 0 aromatic carbocycles. The van der Waals surface area contributed by atoms with Crippen LogP contribution in [-0.2, 0) is 0 Å². The third-order valence-electron chi connectivity index (χ3n) is 4.99. The van der Waals surface area contributed by atoms with Crippen LogP contribution >= 0.6 is 0 Å². The van der Waals surface area contributed by atoms with E-state index in [1.165, 1.54) is 32.1 Å². The molecule has 18 heavy (non-hydrogen) atoms. The Labute approximate surface area is 115 Å². The van der Waals surface area contributed by atoms with E-state index in [2.05, 4.69) is 52.0 Å². The van der Waals surface area contributed by atoms with E-state index in [4.69, 9.17) is 0 Å². The average molecular weight is 254 g/mol. The summed E-state index contributed by atoms with van der Waals surface area (Å²) in [5, 5.41) is 3.80. The maximum Gasteiger partial charge on any atom is 0.0271 e. The lowest BCUT2D eigenvalue weighted by molar-refractivity contribution is 0.182. The predicted octanol–water partition coefficient (Wildman–Crippen LogP) is 3.52. The molecule has 1 aliphatic carbocycles. The Balaban J connectivity index is 2.36. The number of rotatable bonds is 5. The van der Waals surface area contributed by atoms with Crippen molar-refractivity contribution in [2.75, 3.05) is 20.6 Å². The van der Waals surface area contributed by atoms with Crippen LogP contribution in [0.2, 0.25) is 0 Å². The molecule has 2 nitrogen and oxygen atoms in total. The maximum absolute atomic E-state index is 3.80. The molecule has 0 amide bonds. The van der Waals surface area contributed by atoms with E-state index in [0.29, 0.717) is 0 Å². The summed E-state index contributed by atoms with van der Waals surface area (Å²) < 4.78 is 0.